The molecule has 4 aromatic carbocycles. The minimum atomic E-state index is -0.926. The third-order valence-electron chi connectivity index (χ3n) is 7.25. The second kappa shape index (κ2) is 9.45. The zero-order chi connectivity index (χ0) is 25.1. The highest BCUT2D eigenvalue weighted by Gasteiger charge is 2.46. The number of aromatic amines is 4. The van der Waals surface area contributed by atoms with E-state index >= 15 is 0 Å². The maximum Gasteiger partial charge on any atom is 0.150 e. The molecule has 0 saturated carbocycles. The van der Waals surface area contributed by atoms with Crippen LogP contribution in [0.15, 0.2) is 97.1 Å². The standard InChI is InChI=1S/C30H22N8.2H3N/c1-2-10-19-18(9-1)31-26(32-19)17-30(27-33-20-11-3-4-12-21(20)34-27,28-35-22-13-5-6-14-23(22)36-28)29-37-24-15-7-8-16-25(24)38-29;;/h1-16H,17H2,(H,31,32)(H,33,34)(H,35,36)(H,37,38);2*1H3. The van der Waals surface area contributed by atoms with E-state index in [-0.39, 0.29) is 12.3 Å². The molecule has 0 saturated heterocycles. The first kappa shape index (κ1) is 25.0. The third kappa shape index (κ3) is 3.74. The van der Waals surface area contributed by atoms with Gasteiger partial charge in [-0.15, -0.1) is 0 Å². The minimum Gasteiger partial charge on any atom is -0.344 e. The molecule has 0 unspecified atom stereocenters. The van der Waals surface area contributed by atoms with Gasteiger partial charge < -0.3 is 32.2 Å². The molecule has 4 aromatic heterocycles. The van der Waals surface area contributed by atoms with Crippen molar-refractivity contribution < 1.29 is 0 Å². The molecule has 0 atom stereocenters. The van der Waals surface area contributed by atoms with Gasteiger partial charge in [0.25, 0.3) is 0 Å². The van der Waals surface area contributed by atoms with Gasteiger partial charge in [0, 0.05) is 6.42 Å². The van der Waals surface area contributed by atoms with Crippen molar-refractivity contribution in [2.24, 2.45) is 0 Å². The van der Waals surface area contributed by atoms with Crippen molar-refractivity contribution in [3.63, 3.8) is 0 Å². The summed E-state index contributed by atoms with van der Waals surface area (Å²) in [5.74, 6) is 3.01. The lowest BCUT2D eigenvalue weighted by atomic mass is 9.81. The van der Waals surface area contributed by atoms with Crippen LogP contribution < -0.4 is 12.3 Å². The first-order chi connectivity index (χ1) is 18.8. The monoisotopic (exact) mass is 528 g/mol. The summed E-state index contributed by atoms with van der Waals surface area (Å²) in [6.07, 6.45) is 0.446. The van der Waals surface area contributed by atoms with E-state index in [9.17, 15) is 0 Å². The quantitative estimate of drug-likeness (QED) is 0.157. The van der Waals surface area contributed by atoms with E-state index < -0.39 is 5.41 Å². The lowest BCUT2D eigenvalue weighted by Gasteiger charge is -2.27. The van der Waals surface area contributed by atoms with Crippen LogP contribution in [0.5, 0.6) is 0 Å². The molecule has 0 radical (unpaired) electrons. The molecule has 198 valence electrons. The Bertz CT molecular complexity index is 1780. The van der Waals surface area contributed by atoms with Gasteiger partial charge in [-0.1, -0.05) is 48.5 Å². The van der Waals surface area contributed by atoms with Crippen LogP contribution in [0.3, 0.4) is 0 Å². The number of fused-ring (bicyclic) bond motifs is 4. The van der Waals surface area contributed by atoms with Crippen LogP contribution in [0.1, 0.15) is 23.3 Å². The average molecular weight is 529 g/mol. The second-order valence-electron chi connectivity index (χ2n) is 9.59. The number of H-pyrrole nitrogens is 4. The number of rotatable bonds is 5. The van der Waals surface area contributed by atoms with Crippen molar-refractivity contribution >= 4 is 44.1 Å². The fourth-order valence-electron chi connectivity index (χ4n) is 5.39. The number of hydrogen-bond donors (Lipinski definition) is 6. The van der Waals surface area contributed by atoms with Gasteiger partial charge in [-0.3, -0.25) is 0 Å². The van der Waals surface area contributed by atoms with E-state index in [0.29, 0.717) is 6.42 Å². The molecular formula is C30H28N10. The Morgan fingerprint density at radius 3 is 1.10 bits per heavy atom. The molecular weight excluding hydrogens is 500 g/mol. The predicted molar refractivity (Wildman–Crippen MR) is 158 cm³/mol. The van der Waals surface area contributed by atoms with Gasteiger partial charge in [0.05, 0.1) is 44.1 Å². The van der Waals surface area contributed by atoms with E-state index in [1.807, 2.05) is 97.1 Å². The molecule has 0 bridgehead atoms. The summed E-state index contributed by atoms with van der Waals surface area (Å²) in [5, 5.41) is 0. The molecule has 0 amide bonds. The Morgan fingerprint density at radius 1 is 0.425 bits per heavy atom. The molecule has 10 heteroatoms. The van der Waals surface area contributed by atoms with Gasteiger partial charge in [-0.25, -0.2) is 19.9 Å². The topological polar surface area (TPSA) is 185 Å². The number of nitrogens with one attached hydrogen (secondary N) is 4. The summed E-state index contributed by atoms with van der Waals surface area (Å²) >= 11 is 0. The summed E-state index contributed by atoms with van der Waals surface area (Å²) in [4.78, 5) is 34.6. The van der Waals surface area contributed by atoms with Crippen LogP contribution in [-0.2, 0) is 11.8 Å². The number of hydrogen-bond acceptors (Lipinski definition) is 6. The van der Waals surface area contributed by atoms with E-state index in [1.165, 1.54) is 0 Å². The molecule has 0 spiro atoms. The van der Waals surface area contributed by atoms with Gasteiger partial charge in [0.2, 0.25) is 0 Å². The van der Waals surface area contributed by atoms with Crippen molar-refractivity contribution in [3.8, 4) is 0 Å². The van der Waals surface area contributed by atoms with Crippen molar-refractivity contribution in [2.45, 2.75) is 11.8 Å². The zero-order valence-electron chi connectivity index (χ0n) is 21.6. The largest absolute Gasteiger partial charge is 0.344 e. The molecule has 10 N–H and O–H groups in total. The van der Waals surface area contributed by atoms with Gasteiger partial charge in [-0.2, -0.15) is 0 Å². The normalized spacial score (nSPS) is 11.7. The molecule has 8 aromatic rings. The van der Waals surface area contributed by atoms with Gasteiger partial charge in [0.1, 0.15) is 23.3 Å². The lowest BCUT2D eigenvalue weighted by molar-refractivity contribution is 0.510. The number of nitrogens with zero attached hydrogens (tertiary/aromatic N) is 4. The van der Waals surface area contributed by atoms with Crippen molar-refractivity contribution in [1.29, 1.82) is 0 Å². The molecule has 0 aliphatic carbocycles. The van der Waals surface area contributed by atoms with Crippen molar-refractivity contribution in [3.05, 3.63) is 120 Å². The Labute approximate surface area is 228 Å². The Morgan fingerprint density at radius 2 is 0.750 bits per heavy atom. The van der Waals surface area contributed by atoms with Crippen LogP contribution in [0.2, 0.25) is 0 Å². The average Bonchev–Trinajstić information content (AvgIpc) is 3.74. The first-order valence-electron chi connectivity index (χ1n) is 12.6. The molecule has 40 heavy (non-hydrogen) atoms. The Balaban J connectivity index is 0.00000145. The molecule has 0 fully saturated rings. The van der Waals surface area contributed by atoms with Gasteiger partial charge in [-0.05, 0) is 48.5 Å². The zero-order valence-corrected chi connectivity index (χ0v) is 21.6. The van der Waals surface area contributed by atoms with E-state index in [1.54, 1.807) is 0 Å². The number of imidazole rings is 4. The highest BCUT2D eigenvalue weighted by Crippen LogP contribution is 2.40. The van der Waals surface area contributed by atoms with Crippen LogP contribution >= 0.6 is 0 Å². The summed E-state index contributed by atoms with van der Waals surface area (Å²) in [7, 11) is 0. The smallest absolute Gasteiger partial charge is 0.150 e. The van der Waals surface area contributed by atoms with E-state index in [2.05, 4.69) is 19.9 Å². The maximum atomic E-state index is 5.11. The number of benzene rings is 4. The second-order valence-corrected chi connectivity index (χ2v) is 9.59. The molecule has 0 aliphatic rings. The predicted octanol–water partition coefficient (Wildman–Crippen LogP) is 6.09. The maximum absolute atomic E-state index is 5.11. The van der Waals surface area contributed by atoms with Crippen molar-refractivity contribution in [1.82, 2.24) is 52.2 Å². The fraction of sp³-hybridized carbons (Fsp3) is 0.0667. The van der Waals surface area contributed by atoms with Gasteiger partial charge in [0.15, 0.2) is 5.41 Å². The summed E-state index contributed by atoms with van der Waals surface area (Å²) < 4.78 is 0. The number of para-hydroxylation sites is 8. The highest BCUT2D eigenvalue weighted by molar-refractivity contribution is 5.79. The molecule has 8 rings (SSSR count). The Kier molecular flexibility index (Phi) is 5.91. The number of aromatic nitrogens is 8. The fourth-order valence-corrected chi connectivity index (χ4v) is 5.39. The van der Waals surface area contributed by atoms with Crippen LogP contribution in [0, 0.1) is 0 Å². The van der Waals surface area contributed by atoms with Crippen molar-refractivity contribution in [2.75, 3.05) is 0 Å². The van der Waals surface area contributed by atoms with Crippen LogP contribution in [0.4, 0.5) is 0 Å². The summed E-state index contributed by atoms with van der Waals surface area (Å²) in [6.45, 7) is 0. The van der Waals surface area contributed by atoms with E-state index in [4.69, 9.17) is 19.9 Å². The first-order valence-corrected chi connectivity index (χ1v) is 12.6. The lowest BCUT2D eigenvalue weighted by Crippen LogP contribution is -2.36. The van der Waals surface area contributed by atoms with Crippen LogP contribution in [0.25, 0.3) is 44.1 Å². The van der Waals surface area contributed by atoms with Gasteiger partial charge >= 0.3 is 0 Å². The highest BCUT2D eigenvalue weighted by atomic mass is 15.1. The summed E-state index contributed by atoms with van der Waals surface area (Å²) in [6, 6.07) is 32.2. The Hall–Kier alpha value is -5.32. The third-order valence-corrected chi connectivity index (χ3v) is 7.25. The molecule has 4 heterocycles. The summed E-state index contributed by atoms with van der Waals surface area (Å²) in [5.41, 5.74) is 6.45. The van der Waals surface area contributed by atoms with Crippen LogP contribution in [-0.4, -0.2) is 39.9 Å². The minimum absolute atomic E-state index is 0. The SMILES string of the molecule is N.N.c1ccc2[nH]c(CC(c3nc4ccccc4[nH]3)(c3nc4ccccc4[nH]3)c3nc4ccccc4[nH]3)nc2c1. The molecule has 0 aliphatic heterocycles. The molecule has 10 nitrogen and oxygen atoms in total. The van der Waals surface area contributed by atoms with E-state index in [0.717, 1.165) is 67.4 Å².